The zero-order chi connectivity index (χ0) is 22.0. The summed E-state index contributed by atoms with van der Waals surface area (Å²) in [5, 5.41) is 5.32. The van der Waals surface area contributed by atoms with Crippen molar-refractivity contribution in [2.24, 2.45) is 0 Å². The molecule has 0 aliphatic carbocycles. The van der Waals surface area contributed by atoms with Crippen LogP contribution in [0.4, 0.5) is 5.69 Å². The standard InChI is InChI=1S/C23H32ClN5OSi/c1-27-11-13-28(14-12-27)19-7-5-18(6-8-19)22-23-20(9-10-21(24)25-23)29(26-22)17-30-15-16-31(2,3)4/h5-10H,11-17H2,1-4H3. The highest BCUT2D eigenvalue weighted by atomic mass is 35.5. The lowest BCUT2D eigenvalue weighted by Crippen LogP contribution is -2.44. The SMILES string of the molecule is CN1CCN(c2ccc(-c3nn(COCC[Si](C)(C)C)c4ccc(Cl)nc34)cc2)CC1. The molecule has 6 nitrogen and oxygen atoms in total. The fourth-order valence-electron chi connectivity index (χ4n) is 3.75. The van der Waals surface area contributed by atoms with Crippen LogP contribution in [0.3, 0.4) is 0 Å². The normalized spacial score (nSPS) is 15.7. The Balaban J connectivity index is 1.56. The van der Waals surface area contributed by atoms with Crippen LogP contribution in [0.25, 0.3) is 22.3 Å². The molecule has 1 fully saturated rings. The number of halogens is 1. The van der Waals surface area contributed by atoms with E-state index in [1.54, 1.807) is 0 Å². The summed E-state index contributed by atoms with van der Waals surface area (Å²) in [4.78, 5) is 9.38. The maximum atomic E-state index is 6.22. The van der Waals surface area contributed by atoms with Crippen molar-refractivity contribution in [1.82, 2.24) is 19.7 Å². The molecule has 0 radical (unpaired) electrons. The summed E-state index contributed by atoms with van der Waals surface area (Å²) in [5.41, 5.74) is 4.89. The van der Waals surface area contributed by atoms with Crippen molar-refractivity contribution in [2.45, 2.75) is 32.4 Å². The fraction of sp³-hybridized carbons (Fsp3) is 0.478. The van der Waals surface area contributed by atoms with Crippen LogP contribution in [-0.4, -0.2) is 67.6 Å². The summed E-state index contributed by atoms with van der Waals surface area (Å²) in [7, 11) is 1.06. The first-order chi connectivity index (χ1) is 14.8. The van der Waals surface area contributed by atoms with Crippen LogP contribution in [-0.2, 0) is 11.5 Å². The average Bonchev–Trinajstić information content (AvgIpc) is 3.09. The summed E-state index contributed by atoms with van der Waals surface area (Å²) in [6, 6.07) is 13.5. The van der Waals surface area contributed by atoms with Gasteiger partial charge in [-0.1, -0.05) is 43.4 Å². The minimum Gasteiger partial charge on any atom is -0.369 e. The molecule has 31 heavy (non-hydrogen) atoms. The maximum absolute atomic E-state index is 6.22. The van der Waals surface area contributed by atoms with Gasteiger partial charge in [-0.15, -0.1) is 0 Å². The van der Waals surface area contributed by atoms with Gasteiger partial charge < -0.3 is 14.5 Å². The third-order valence-corrected chi connectivity index (χ3v) is 7.70. The topological polar surface area (TPSA) is 46.4 Å². The highest BCUT2D eigenvalue weighted by Gasteiger charge is 2.18. The van der Waals surface area contributed by atoms with Gasteiger partial charge in [-0.2, -0.15) is 5.10 Å². The first-order valence-corrected chi connectivity index (χ1v) is 15.0. The van der Waals surface area contributed by atoms with Gasteiger partial charge in [0.2, 0.25) is 0 Å². The number of benzene rings is 1. The molecule has 2 aromatic heterocycles. The van der Waals surface area contributed by atoms with Crippen LogP contribution in [0.2, 0.25) is 30.8 Å². The molecule has 3 heterocycles. The Kier molecular flexibility index (Phi) is 6.67. The largest absolute Gasteiger partial charge is 0.369 e. The zero-order valence-electron chi connectivity index (χ0n) is 18.9. The smallest absolute Gasteiger partial charge is 0.140 e. The lowest BCUT2D eigenvalue weighted by molar-refractivity contribution is 0.0818. The van der Waals surface area contributed by atoms with Gasteiger partial charge in [0, 0.05) is 52.1 Å². The molecule has 3 aromatic rings. The van der Waals surface area contributed by atoms with E-state index < -0.39 is 8.07 Å². The van der Waals surface area contributed by atoms with Gasteiger partial charge in [0.25, 0.3) is 0 Å². The van der Waals surface area contributed by atoms with Crippen molar-refractivity contribution in [3.63, 3.8) is 0 Å². The Morgan fingerprint density at radius 3 is 2.39 bits per heavy atom. The number of ether oxygens (including phenoxy) is 1. The Morgan fingerprint density at radius 2 is 1.71 bits per heavy atom. The quantitative estimate of drug-likeness (QED) is 0.289. The number of hydrogen-bond acceptors (Lipinski definition) is 5. The number of piperazine rings is 1. The van der Waals surface area contributed by atoms with Crippen LogP contribution in [0.1, 0.15) is 0 Å². The number of fused-ring (bicyclic) bond motifs is 1. The number of nitrogens with zero attached hydrogens (tertiary/aromatic N) is 5. The average molecular weight is 458 g/mol. The predicted molar refractivity (Wildman–Crippen MR) is 132 cm³/mol. The third kappa shape index (κ3) is 5.47. The highest BCUT2D eigenvalue weighted by Crippen LogP contribution is 2.29. The second kappa shape index (κ2) is 9.28. The van der Waals surface area contributed by atoms with Gasteiger partial charge in [-0.05, 0) is 37.4 Å². The fourth-order valence-corrected chi connectivity index (χ4v) is 4.65. The molecule has 1 aromatic carbocycles. The lowest BCUT2D eigenvalue weighted by Gasteiger charge is -2.34. The summed E-state index contributed by atoms with van der Waals surface area (Å²) >= 11 is 6.22. The van der Waals surface area contributed by atoms with E-state index in [2.05, 4.69) is 65.7 Å². The summed E-state index contributed by atoms with van der Waals surface area (Å²) in [6.45, 7) is 12.5. The molecule has 0 N–H and O–H groups in total. The minimum atomic E-state index is -1.12. The van der Waals surface area contributed by atoms with Gasteiger partial charge in [0.15, 0.2) is 0 Å². The Morgan fingerprint density at radius 1 is 1.00 bits per heavy atom. The lowest BCUT2D eigenvalue weighted by atomic mass is 10.1. The van der Waals surface area contributed by atoms with E-state index in [1.807, 2.05) is 16.8 Å². The number of pyridine rings is 1. The first-order valence-electron chi connectivity index (χ1n) is 10.9. The number of hydrogen-bond donors (Lipinski definition) is 0. The Labute approximate surface area is 190 Å². The van der Waals surface area contributed by atoms with Crippen molar-refractivity contribution in [2.75, 3.05) is 44.7 Å². The van der Waals surface area contributed by atoms with Gasteiger partial charge in [-0.25, -0.2) is 9.67 Å². The number of rotatable bonds is 7. The van der Waals surface area contributed by atoms with Crippen LogP contribution in [0.5, 0.6) is 0 Å². The second-order valence-corrected chi connectivity index (χ2v) is 15.5. The number of anilines is 1. The molecule has 8 heteroatoms. The molecule has 0 spiro atoms. The molecule has 0 bridgehead atoms. The van der Waals surface area contributed by atoms with E-state index in [-0.39, 0.29) is 0 Å². The van der Waals surface area contributed by atoms with E-state index >= 15 is 0 Å². The monoisotopic (exact) mass is 457 g/mol. The maximum Gasteiger partial charge on any atom is 0.140 e. The van der Waals surface area contributed by atoms with Crippen molar-refractivity contribution in [1.29, 1.82) is 0 Å². The molecule has 1 aliphatic rings. The van der Waals surface area contributed by atoms with Gasteiger partial charge in [0.05, 0.1) is 5.52 Å². The molecule has 0 atom stereocenters. The minimum absolute atomic E-state index is 0.420. The van der Waals surface area contributed by atoms with E-state index in [0.29, 0.717) is 11.9 Å². The van der Waals surface area contributed by atoms with Gasteiger partial charge in [0.1, 0.15) is 23.1 Å². The van der Waals surface area contributed by atoms with E-state index in [9.17, 15) is 0 Å². The molecule has 0 unspecified atom stereocenters. The van der Waals surface area contributed by atoms with Crippen LogP contribution in [0.15, 0.2) is 36.4 Å². The van der Waals surface area contributed by atoms with Crippen molar-refractivity contribution in [3.8, 4) is 11.3 Å². The third-order valence-electron chi connectivity index (χ3n) is 5.78. The van der Waals surface area contributed by atoms with Gasteiger partial charge >= 0.3 is 0 Å². The van der Waals surface area contributed by atoms with Crippen molar-refractivity contribution < 1.29 is 4.74 Å². The first kappa shape index (κ1) is 22.3. The Hall–Kier alpha value is -1.93. The van der Waals surface area contributed by atoms with Gasteiger partial charge in [-0.3, -0.25) is 0 Å². The molecule has 1 saturated heterocycles. The molecular formula is C23H32ClN5OSi. The summed E-state index contributed by atoms with van der Waals surface area (Å²) in [6.07, 6.45) is 0. The number of aromatic nitrogens is 3. The molecule has 166 valence electrons. The second-order valence-electron chi connectivity index (χ2n) is 9.54. The summed E-state index contributed by atoms with van der Waals surface area (Å²) < 4.78 is 7.85. The van der Waals surface area contributed by atoms with Crippen molar-refractivity contribution >= 4 is 36.4 Å². The van der Waals surface area contributed by atoms with Crippen LogP contribution >= 0.6 is 11.6 Å². The molecule has 0 amide bonds. The van der Waals surface area contributed by atoms with Crippen molar-refractivity contribution in [3.05, 3.63) is 41.6 Å². The van der Waals surface area contributed by atoms with E-state index in [0.717, 1.165) is 61.1 Å². The molecular weight excluding hydrogens is 426 g/mol. The number of likely N-dealkylation sites (N-methyl/N-ethyl adjacent to an activating group) is 1. The predicted octanol–water partition coefficient (Wildman–Crippen LogP) is 4.82. The van der Waals surface area contributed by atoms with E-state index in [1.165, 1.54) is 5.69 Å². The molecule has 1 aliphatic heterocycles. The molecule has 0 saturated carbocycles. The van der Waals surface area contributed by atoms with Crippen LogP contribution < -0.4 is 4.90 Å². The highest BCUT2D eigenvalue weighted by molar-refractivity contribution is 6.76. The molecule has 4 rings (SSSR count). The Bertz CT molecular complexity index is 1020. The van der Waals surface area contributed by atoms with Crippen LogP contribution in [0, 0.1) is 0 Å². The van der Waals surface area contributed by atoms with E-state index in [4.69, 9.17) is 21.4 Å². The summed E-state index contributed by atoms with van der Waals surface area (Å²) in [5.74, 6) is 0. The zero-order valence-corrected chi connectivity index (χ0v) is 20.7.